The zero-order valence-corrected chi connectivity index (χ0v) is 17.5. The molecule has 0 spiro atoms. The van der Waals surface area contributed by atoms with Gasteiger partial charge in [-0.3, -0.25) is 10.1 Å². The van der Waals surface area contributed by atoms with E-state index < -0.39 is 0 Å². The van der Waals surface area contributed by atoms with E-state index in [0.29, 0.717) is 37.2 Å². The van der Waals surface area contributed by atoms with Gasteiger partial charge >= 0.3 is 0 Å². The SMILES string of the molecule is O=C(C=Cc1cccc(Cl)c1Cl)Nc1ncc(Cc2cc(Cl)ccc2Cl)s1. The number of carbonyl (C=O) groups excluding carboxylic acids is 1. The maximum atomic E-state index is 12.1. The molecule has 0 aliphatic heterocycles. The first-order chi connectivity index (χ1) is 12.9. The number of hydrogen-bond acceptors (Lipinski definition) is 3. The number of anilines is 1. The van der Waals surface area contributed by atoms with Crippen molar-refractivity contribution in [1.29, 1.82) is 0 Å². The fourth-order valence-corrected chi connectivity index (χ4v) is 3.86. The summed E-state index contributed by atoms with van der Waals surface area (Å²) in [5.41, 5.74) is 1.57. The molecule has 0 unspecified atom stereocenters. The van der Waals surface area contributed by atoms with Gasteiger partial charge < -0.3 is 0 Å². The fraction of sp³-hybridized carbons (Fsp3) is 0.0526. The maximum absolute atomic E-state index is 12.1. The molecule has 0 aliphatic rings. The summed E-state index contributed by atoms with van der Waals surface area (Å²) in [4.78, 5) is 17.3. The van der Waals surface area contributed by atoms with Gasteiger partial charge in [-0.25, -0.2) is 4.98 Å². The molecule has 8 heteroatoms. The Balaban J connectivity index is 1.65. The summed E-state index contributed by atoms with van der Waals surface area (Å²) < 4.78 is 0. The van der Waals surface area contributed by atoms with Gasteiger partial charge in [-0.2, -0.15) is 0 Å². The summed E-state index contributed by atoms with van der Waals surface area (Å²) in [5, 5.41) is 5.32. The molecule has 3 rings (SSSR count). The smallest absolute Gasteiger partial charge is 0.250 e. The average molecular weight is 458 g/mol. The van der Waals surface area contributed by atoms with Crippen molar-refractivity contribution < 1.29 is 4.79 Å². The van der Waals surface area contributed by atoms with Crippen molar-refractivity contribution in [2.75, 3.05) is 5.32 Å². The highest BCUT2D eigenvalue weighted by Crippen LogP contribution is 2.28. The Labute approximate surface area is 180 Å². The van der Waals surface area contributed by atoms with Gasteiger partial charge in [-0.05, 0) is 41.5 Å². The second-order valence-electron chi connectivity index (χ2n) is 5.51. The molecule has 0 aliphatic carbocycles. The molecule has 1 N–H and O–H groups in total. The van der Waals surface area contributed by atoms with Crippen LogP contribution in [0.25, 0.3) is 6.08 Å². The normalized spacial score (nSPS) is 11.1. The molecule has 1 heterocycles. The molecule has 0 saturated heterocycles. The van der Waals surface area contributed by atoms with Crippen LogP contribution in [-0.2, 0) is 11.2 Å². The van der Waals surface area contributed by atoms with E-state index in [1.54, 1.807) is 42.6 Å². The second kappa shape index (κ2) is 9.09. The molecule has 0 atom stereocenters. The van der Waals surface area contributed by atoms with Crippen LogP contribution in [0.4, 0.5) is 5.13 Å². The van der Waals surface area contributed by atoms with Gasteiger partial charge in [0, 0.05) is 33.6 Å². The Hall–Kier alpha value is -1.56. The number of aromatic nitrogens is 1. The molecule has 0 fully saturated rings. The third-order valence-electron chi connectivity index (χ3n) is 3.55. The Morgan fingerprint density at radius 3 is 2.74 bits per heavy atom. The lowest BCUT2D eigenvalue weighted by Crippen LogP contribution is -2.07. The number of halogens is 4. The van der Waals surface area contributed by atoms with Gasteiger partial charge in [0.25, 0.3) is 0 Å². The van der Waals surface area contributed by atoms with E-state index in [9.17, 15) is 4.79 Å². The predicted octanol–water partition coefficient (Wildman–Crippen LogP) is 7.00. The lowest BCUT2D eigenvalue weighted by molar-refractivity contribution is -0.111. The van der Waals surface area contributed by atoms with Crippen molar-refractivity contribution in [3.63, 3.8) is 0 Å². The molecular formula is C19H12Cl4N2OS. The summed E-state index contributed by atoms with van der Waals surface area (Å²) in [6.07, 6.45) is 5.27. The molecule has 0 radical (unpaired) electrons. The van der Waals surface area contributed by atoms with Crippen molar-refractivity contribution in [3.05, 3.63) is 84.8 Å². The minimum absolute atomic E-state index is 0.312. The fourth-order valence-electron chi connectivity index (χ4n) is 2.28. The van der Waals surface area contributed by atoms with Crippen LogP contribution in [0.15, 0.2) is 48.7 Å². The van der Waals surface area contributed by atoms with Crippen molar-refractivity contribution >= 4 is 74.9 Å². The topological polar surface area (TPSA) is 42.0 Å². The van der Waals surface area contributed by atoms with Crippen LogP contribution in [0.2, 0.25) is 20.1 Å². The van der Waals surface area contributed by atoms with Gasteiger partial charge in [-0.1, -0.05) is 58.5 Å². The molecule has 1 amide bonds. The zero-order chi connectivity index (χ0) is 19.4. The van der Waals surface area contributed by atoms with Gasteiger partial charge in [-0.15, -0.1) is 11.3 Å². The third kappa shape index (κ3) is 5.47. The number of nitrogens with one attached hydrogen (secondary N) is 1. The van der Waals surface area contributed by atoms with Crippen LogP contribution in [0.5, 0.6) is 0 Å². The molecule has 27 heavy (non-hydrogen) atoms. The van der Waals surface area contributed by atoms with E-state index in [1.165, 1.54) is 17.4 Å². The van der Waals surface area contributed by atoms with E-state index in [2.05, 4.69) is 10.3 Å². The molecule has 0 bridgehead atoms. The van der Waals surface area contributed by atoms with Crippen LogP contribution >= 0.6 is 57.7 Å². The van der Waals surface area contributed by atoms with E-state index in [-0.39, 0.29) is 5.91 Å². The molecule has 1 aromatic heterocycles. The Morgan fingerprint density at radius 1 is 1.11 bits per heavy atom. The minimum atomic E-state index is -0.312. The summed E-state index contributed by atoms with van der Waals surface area (Å²) in [6.45, 7) is 0. The zero-order valence-electron chi connectivity index (χ0n) is 13.7. The van der Waals surface area contributed by atoms with Crippen molar-refractivity contribution in [2.24, 2.45) is 0 Å². The Kier molecular flexibility index (Phi) is 6.79. The predicted molar refractivity (Wildman–Crippen MR) is 116 cm³/mol. The van der Waals surface area contributed by atoms with Crippen molar-refractivity contribution in [3.8, 4) is 0 Å². The third-order valence-corrected chi connectivity index (χ3v) is 5.90. The van der Waals surface area contributed by atoms with Crippen molar-refractivity contribution in [2.45, 2.75) is 6.42 Å². The van der Waals surface area contributed by atoms with E-state index in [4.69, 9.17) is 46.4 Å². The van der Waals surface area contributed by atoms with Crippen molar-refractivity contribution in [1.82, 2.24) is 4.98 Å². The number of benzene rings is 2. The first kappa shape index (κ1) is 20.2. The van der Waals surface area contributed by atoms with E-state index in [1.807, 2.05) is 6.07 Å². The number of carbonyl (C=O) groups is 1. The summed E-state index contributed by atoms with van der Waals surface area (Å²) in [5.74, 6) is -0.312. The quantitative estimate of drug-likeness (QED) is 0.419. The number of thiazole rings is 1. The Morgan fingerprint density at radius 2 is 1.93 bits per heavy atom. The number of amides is 1. The van der Waals surface area contributed by atoms with E-state index in [0.717, 1.165) is 10.4 Å². The molecule has 2 aromatic carbocycles. The highest BCUT2D eigenvalue weighted by Gasteiger charge is 2.09. The highest BCUT2D eigenvalue weighted by atomic mass is 35.5. The largest absolute Gasteiger partial charge is 0.298 e. The molecule has 138 valence electrons. The molecule has 3 nitrogen and oxygen atoms in total. The first-order valence-corrected chi connectivity index (χ1v) is 10.1. The van der Waals surface area contributed by atoms with Gasteiger partial charge in [0.05, 0.1) is 10.0 Å². The first-order valence-electron chi connectivity index (χ1n) is 7.74. The monoisotopic (exact) mass is 456 g/mol. The maximum Gasteiger partial charge on any atom is 0.250 e. The minimum Gasteiger partial charge on any atom is -0.298 e. The van der Waals surface area contributed by atoms with Crippen LogP contribution in [-0.4, -0.2) is 10.9 Å². The van der Waals surface area contributed by atoms with Crippen LogP contribution < -0.4 is 5.32 Å². The number of hydrogen-bond donors (Lipinski definition) is 1. The molecule has 3 aromatic rings. The summed E-state index contributed by atoms with van der Waals surface area (Å²) >= 11 is 25.6. The lowest BCUT2D eigenvalue weighted by Gasteiger charge is -2.02. The average Bonchev–Trinajstić information content (AvgIpc) is 3.06. The lowest BCUT2D eigenvalue weighted by atomic mass is 10.1. The van der Waals surface area contributed by atoms with Gasteiger partial charge in [0.2, 0.25) is 5.91 Å². The standard InChI is InChI=1S/C19H12Cl4N2OS/c20-13-5-6-15(21)12(8-13)9-14-10-24-19(27-14)25-17(26)7-4-11-2-1-3-16(22)18(11)23/h1-8,10H,9H2,(H,24,25,26). The number of rotatable bonds is 5. The van der Waals surface area contributed by atoms with Crippen LogP contribution in [0.1, 0.15) is 16.0 Å². The highest BCUT2D eigenvalue weighted by molar-refractivity contribution is 7.15. The van der Waals surface area contributed by atoms with Crippen LogP contribution in [0, 0.1) is 0 Å². The van der Waals surface area contributed by atoms with Gasteiger partial charge in [0.1, 0.15) is 0 Å². The second-order valence-corrected chi connectivity index (χ2v) is 8.25. The van der Waals surface area contributed by atoms with Gasteiger partial charge in [0.15, 0.2) is 5.13 Å². The van der Waals surface area contributed by atoms with Crippen LogP contribution in [0.3, 0.4) is 0 Å². The molecule has 0 saturated carbocycles. The molecular weight excluding hydrogens is 446 g/mol. The Bertz CT molecular complexity index is 1020. The van der Waals surface area contributed by atoms with E-state index >= 15 is 0 Å². The summed E-state index contributed by atoms with van der Waals surface area (Å²) in [7, 11) is 0. The number of nitrogens with zero attached hydrogens (tertiary/aromatic N) is 1. The summed E-state index contributed by atoms with van der Waals surface area (Å²) in [6, 6.07) is 10.5.